The molecule has 11 heavy (non-hydrogen) atoms. The van der Waals surface area contributed by atoms with E-state index in [1.54, 1.807) is 0 Å². The Morgan fingerprint density at radius 2 is 2.18 bits per heavy atom. The van der Waals surface area contributed by atoms with Crippen LogP contribution >= 0.6 is 22.6 Å². The molecule has 3 nitrogen and oxygen atoms in total. The quantitative estimate of drug-likeness (QED) is 0.439. The second-order valence-corrected chi connectivity index (χ2v) is 5.32. The Morgan fingerprint density at radius 3 is 2.55 bits per heavy atom. The average Bonchev–Trinajstić information content (AvgIpc) is 1.78. The van der Waals surface area contributed by atoms with Gasteiger partial charge in [-0.2, -0.15) is 8.42 Å². The Kier molecular flexibility index (Phi) is 5.28. The molecule has 0 radical (unpaired) electrons. The smallest absolute Gasteiger partial charge is 0.264 e. The van der Waals surface area contributed by atoms with Crippen molar-refractivity contribution in [3.8, 4) is 0 Å². The van der Waals surface area contributed by atoms with Crippen LogP contribution in [0.25, 0.3) is 0 Å². The molecule has 0 spiro atoms. The molecule has 0 N–H and O–H groups in total. The monoisotopic (exact) mass is 290 g/mol. The first-order valence-electron chi connectivity index (χ1n) is 3.09. The zero-order valence-corrected chi connectivity index (χ0v) is 9.31. The van der Waals surface area contributed by atoms with Crippen molar-refractivity contribution in [3.63, 3.8) is 0 Å². The predicted octanol–water partition coefficient (Wildman–Crippen LogP) is 1.69. The molecule has 0 aromatic heterocycles. The lowest BCUT2D eigenvalue weighted by molar-refractivity contribution is 0.317. The molecular weight excluding hydrogens is 279 g/mol. The first kappa shape index (κ1) is 11.4. The summed E-state index contributed by atoms with van der Waals surface area (Å²) in [7, 11) is -3.25. The topological polar surface area (TPSA) is 43.4 Å². The van der Waals surface area contributed by atoms with E-state index in [1.165, 1.54) is 0 Å². The lowest BCUT2D eigenvalue weighted by Gasteiger charge is -1.99. The van der Waals surface area contributed by atoms with E-state index in [0.717, 1.165) is 16.3 Å². The van der Waals surface area contributed by atoms with Gasteiger partial charge in [0, 0.05) is 0 Å². The van der Waals surface area contributed by atoms with Crippen LogP contribution in [0.3, 0.4) is 0 Å². The molecule has 0 aliphatic heterocycles. The molecule has 0 aromatic rings. The van der Waals surface area contributed by atoms with Crippen LogP contribution in [0.4, 0.5) is 0 Å². The molecule has 0 saturated heterocycles. The maximum Gasteiger partial charge on any atom is 0.264 e. The number of allylic oxidation sites excluding steroid dienone is 1. The molecule has 0 heterocycles. The van der Waals surface area contributed by atoms with Gasteiger partial charge in [0.15, 0.2) is 0 Å². The molecule has 0 fully saturated rings. The SMILES string of the molecule is C=C(I)CCCOS(C)(=O)=O. The van der Waals surface area contributed by atoms with Gasteiger partial charge in [-0.25, -0.2) is 0 Å². The first-order chi connectivity index (χ1) is 4.92. The summed E-state index contributed by atoms with van der Waals surface area (Å²) in [5, 5.41) is 0. The molecule has 0 aliphatic carbocycles. The Morgan fingerprint density at radius 1 is 1.64 bits per heavy atom. The molecule has 66 valence electrons. The highest BCUT2D eigenvalue weighted by atomic mass is 127. The van der Waals surface area contributed by atoms with E-state index in [0.29, 0.717) is 6.42 Å². The van der Waals surface area contributed by atoms with E-state index in [9.17, 15) is 8.42 Å². The highest BCUT2D eigenvalue weighted by molar-refractivity contribution is 14.1. The lowest BCUT2D eigenvalue weighted by atomic mass is 10.3. The van der Waals surface area contributed by atoms with Gasteiger partial charge >= 0.3 is 0 Å². The van der Waals surface area contributed by atoms with Crippen LogP contribution in [0.15, 0.2) is 10.2 Å². The Labute approximate surface area is 81.1 Å². The fourth-order valence-electron chi connectivity index (χ4n) is 0.474. The van der Waals surface area contributed by atoms with Crippen molar-refractivity contribution >= 4 is 32.7 Å². The number of rotatable bonds is 5. The average molecular weight is 290 g/mol. The minimum Gasteiger partial charge on any atom is -0.270 e. The second kappa shape index (κ2) is 5.10. The molecule has 0 aliphatic rings. The summed E-state index contributed by atoms with van der Waals surface area (Å²) in [5.41, 5.74) is 0. The van der Waals surface area contributed by atoms with Gasteiger partial charge in [-0.15, -0.1) is 0 Å². The van der Waals surface area contributed by atoms with E-state index in [-0.39, 0.29) is 6.61 Å². The maximum atomic E-state index is 10.4. The van der Waals surface area contributed by atoms with Gasteiger partial charge in [0.1, 0.15) is 0 Å². The van der Waals surface area contributed by atoms with Gasteiger partial charge < -0.3 is 0 Å². The molecule has 0 aromatic carbocycles. The number of hydrogen-bond acceptors (Lipinski definition) is 3. The van der Waals surface area contributed by atoms with Crippen LogP contribution in [0.2, 0.25) is 0 Å². The van der Waals surface area contributed by atoms with Crippen molar-refractivity contribution in [2.75, 3.05) is 12.9 Å². The van der Waals surface area contributed by atoms with Crippen molar-refractivity contribution < 1.29 is 12.6 Å². The summed E-state index contributed by atoms with van der Waals surface area (Å²) in [6.07, 6.45) is 2.55. The van der Waals surface area contributed by atoms with Crippen molar-refractivity contribution in [2.24, 2.45) is 0 Å². The number of halogens is 1. The molecular formula is C6H11IO3S. The van der Waals surface area contributed by atoms with Gasteiger partial charge in [-0.3, -0.25) is 4.18 Å². The van der Waals surface area contributed by atoms with E-state index >= 15 is 0 Å². The summed E-state index contributed by atoms with van der Waals surface area (Å²) in [6, 6.07) is 0. The lowest BCUT2D eigenvalue weighted by Crippen LogP contribution is -2.03. The molecule has 0 saturated carbocycles. The van der Waals surface area contributed by atoms with E-state index < -0.39 is 10.1 Å². The van der Waals surface area contributed by atoms with Gasteiger partial charge in [0.25, 0.3) is 10.1 Å². The van der Waals surface area contributed by atoms with Gasteiger partial charge in [0.05, 0.1) is 12.9 Å². The molecule has 0 unspecified atom stereocenters. The standard InChI is InChI=1S/C6H11IO3S/c1-6(7)4-3-5-10-11(2,8)9/h1,3-5H2,2H3. The van der Waals surface area contributed by atoms with Gasteiger partial charge in [0.2, 0.25) is 0 Å². The van der Waals surface area contributed by atoms with Gasteiger partial charge in [-0.1, -0.05) is 6.58 Å². The second-order valence-electron chi connectivity index (χ2n) is 2.15. The third kappa shape index (κ3) is 10.4. The zero-order valence-electron chi connectivity index (χ0n) is 6.34. The fraction of sp³-hybridized carbons (Fsp3) is 0.667. The molecule has 5 heteroatoms. The third-order valence-corrected chi connectivity index (χ3v) is 2.02. The minimum atomic E-state index is -3.25. The van der Waals surface area contributed by atoms with Crippen LogP contribution in [0.1, 0.15) is 12.8 Å². The Balaban J connectivity index is 3.37. The van der Waals surface area contributed by atoms with Gasteiger partial charge in [-0.05, 0) is 39.0 Å². The third-order valence-electron chi connectivity index (χ3n) is 0.890. The normalized spacial score (nSPS) is 11.5. The van der Waals surface area contributed by atoms with Crippen LogP contribution < -0.4 is 0 Å². The summed E-state index contributed by atoms with van der Waals surface area (Å²) in [5.74, 6) is 0. The minimum absolute atomic E-state index is 0.251. The molecule has 0 atom stereocenters. The molecule has 0 amide bonds. The molecule has 0 bridgehead atoms. The van der Waals surface area contributed by atoms with Crippen LogP contribution in [-0.2, 0) is 14.3 Å². The van der Waals surface area contributed by atoms with Crippen LogP contribution in [0.5, 0.6) is 0 Å². The number of hydrogen-bond donors (Lipinski definition) is 0. The van der Waals surface area contributed by atoms with Crippen molar-refractivity contribution in [3.05, 3.63) is 10.2 Å². The molecule has 0 rings (SSSR count). The maximum absolute atomic E-state index is 10.4. The summed E-state index contributed by atoms with van der Waals surface area (Å²) in [4.78, 5) is 0. The van der Waals surface area contributed by atoms with Crippen molar-refractivity contribution in [2.45, 2.75) is 12.8 Å². The van der Waals surface area contributed by atoms with Crippen molar-refractivity contribution in [1.82, 2.24) is 0 Å². The predicted molar refractivity (Wildman–Crippen MR) is 53.2 cm³/mol. The van der Waals surface area contributed by atoms with Crippen LogP contribution in [0, 0.1) is 0 Å². The van der Waals surface area contributed by atoms with E-state index in [2.05, 4.69) is 33.4 Å². The summed E-state index contributed by atoms with van der Waals surface area (Å²) < 4.78 is 26.4. The largest absolute Gasteiger partial charge is 0.270 e. The zero-order chi connectivity index (χ0) is 8.91. The first-order valence-corrected chi connectivity index (χ1v) is 5.99. The Hall–Kier alpha value is 0.380. The summed E-state index contributed by atoms with van der Waals surface area (Å²) in [6.45, 7) is 3.92. The highest BCUT2D eigenvalue weighted by Gasteiger charge is 1.99. The van der Waals surface area contributed by atoms with Crippen LogP contribution in [-0.4, -0.2) is 21.3 Å². The van der Waals surface area contributed by atoms with E-state index in [1.807, 2.05) is 0 Å². The summed E-state index contributed by atoms with van der Waals surface area (Å²) >= 11 is 2.10. The van der Waals surface area contributed by atoms with Crippen molar-refractivity contribution in [1.29, 1.82) is 0 Å². The Bertz CT molecular complexity index is 220. The highest BCUT2D eigenvalue weighted by Crippen LogP contribution is 2.10. The van der Waals surface area contributed by atoms with E-state index in [4.69, 9.17) is 0 Å². The fourth-order valence-corrected chi connectivity index (χ4v) is 1.28.